The van der Waals surface area contributed by atoms with E-state index in [0.29, 0.717) is 0 Å². The van der Waals surface area contributed by atoms with Crippen molar-refractivity contribution in [3.8, 4) is 0 Å². The van der Waals surface area contributed by atoms with Gasteiger partial charge in [0.25, 0.3) is 0 Å². The fourth-order valence-electron chi connectivity index (χ4n) is 0.318. The Bertz CT molecular complexity index is 147. The molecule has 0 bridgehead atoms. The Balaban J connectivity index is 3.59. The zero-order chi connectivity index (χ0) is 7.98. The van der Waals surface area contributed by atoms with Gasteiger partial charge in [0.2, 0.25) is 0 Å². The summed E-state index contributed by atoms with van der Waals surface area (Å²) in [6.07, 6.45) is 5.04. The molecule has 0 aromatic carbocycles. The predicted octanol–water partition coefficient (Wildman–Crippen LogP) is 2.24. The topological polar surface area (TPSA) is 9.23 Å². The molecule has 0 saturated carbocycles. The van der Waals surface area contributed by atoms with Crippen molar-refractivity contribution in [3.05, 3.63) is 37.0 Å². The Morgan fingerprint density at radius 3 is 2.50 bits per heavy atom. The van der Waals surface area contributed by atoms with Gasteiger partial charge >= 0.3 is 0 Å². The van der Waals surface area contributed by atoms with Crippen molar-refractivity contribution in [2.45, 2.75) is 13.1 Å². The molecule has 0 aromatic heterocycles. The first-order valence-corrected chi connectivity index (χ1v) is 6.20. The minimum atomic E-state index is -0.810. The van der Waals surface area contributed by atoms with Crippen LogP contribution in [0.25, 0.3) is 0 Å². The van der Waals surface area contributed by atoms with Gasteiger partial charge in [-0.2, -0.15) is 0 Å². The fraction of sp³-hybridized carbons (Fsp3) is 0.250. The van der Waals surface area contributed by atoms with Crippen LogP contribution in [0, 0.1) is 0 Å². The number of ether oxygens (including phenoxy) is 1. The lowest BCUT2D eigenvalue weighted by molar-refractivity contribution is 0.383. The summed E-state index contributed by atoms with van der Waals surface area (Å²) in [6, 6.07) is 0. The summed E-state index contributed by atoms with van der Waals surface area (Å²) in [5.74, 6) is 0. The van der Waals surface area contributed by atoms with Crippen molar-refractivity contribution in [1.82, 2.24) is 0 Å². The number of hydrogen-bond acceptors (Lipinski definition) is 1. The van der Waals surface area contributed by atoms with Crippen LogP contribution in [0.1, 0.15) is 0 Å². The van der Waals surface area contributed by atoms with Gasteiger partial charge in [-0.05, 0) is 6.08 Å². The molecule has 0 atom stereocenters. The van der Waals surface area contributed by atoms with E-state index < -0.39 is 8.80 Å². The molecule has 10 heavy (non-hydrogen) atoms. The summed E-state index contributed by atoms with van der Waals surface area (Å²) in [5, 5.41) is 0.915. The molecule has 0 N–H and O–H groups in total. The maximum Gasteiger partial charge on any atom is 0.109 e. The molecule has 0 aromatic rings. The minimum absolute atomic E-state index is 0.810. The Morgan fingerprint density at radius 1 is 1.50 bits per heavy atom. The third kappa shape index (κ3) is 4.15. The molecular weight excluding hydrogens is 140 g/mol. The fourth-order valence-corrected chi connectivity index (χ4v) is 0.669. The van der Waals surface area contributed by atoms with E-state index in [4.69, 9.17) is 4.74 Å². The third-order valence-electron chi connectivity index (χ3n) is 1.08. The Kier molecular flexibility index (Phi) is 4.67. The van der Waals surface area contributed by atoms with Crippen molar-refractivity contribution in [1.29, 1.82) is 0 Å². The van der Waals surface area contributed by atoms with Gasteiger partial charge in [0.15, 0.2) is 0 Å². The van der Waals surface area contributed by atoms with E-state index in [1.165, 1.54) is 0 Å². The van der Waals surface area contributed by atoms with E-state index >= 15 is 0 Å². The summed E-state index contributed by atoms with van der Waals surface area (Å²) in [5.41, 5.74) is 0. The Labute approximate surface area is 64.3 Å². The molecule has 1 nitrogen and oxygen atoms in total. The van der Waals surface area contributed by atoms with Crippen LogP contribution in [0.3, 0.4) is 0 Å². The zero-order valence-electron chi connectivity index (χ0n) is 6.63. The van der Waals surface area contributed by atoms with Gasteiger partial charge in [0.05, 0.1) is 11.6 Å². The highest BCUT2D eigenvalue weighted by Crippen LogP contribution is 1.99. The van der Waals surface area contributed by atoms with E-state index in [0.717, 1.165) is 5.38 Å². The Hall–Kier alpha value is -0.763. The van der Waals surface area contributed by atoms with Gasteiger partial charge in [-0.25, -0.2) is 0 Å². The SMILES string of the molecule is C=CC=COC(=C)[SiH](C)C. The molecule has 2 heteroatoms. The third-order valence-corrected chi connectivity index (χ3v) is 2.50. The summed E-state index contributed by atoms with van der Waals surface area (Å²) in [6.45, 7) is 11.6. The molecule has 0 saturated heterocycles. The van der Waals surface area contributed by atoms with Crippen LogP contribution in [0.4, 0.5) is 0 Å². The monoisotopic (exact) mass is 154 g/mol. The van der Waals surface area contributed by atoms with Crippen LogP contribution in [-0.2, 0) is 4.74 Å². The Morgan fingerprint density at radius 2 is 2.10 bits per heavy atom. The zero-order valence-corrected chi connectivity index (χ0v) is 7.79. The first-order chi connectivity index (χ1) is 4.68. The molecule has 0 aliphatic heterocycles. The minimum Gasteiger partial charge on any atom is -0.475 e. The summed E-state index contributed by atoms with van der Waals surface area (Å²) in [4.78, 5) is 0. The van der Waals surface area contributed by atoms with Crippen molar-refractivity contribution in [2.24, 2.45) is 0 Å². The number of rotatable bonds is 4. The lowest BCUT2D eigenvalue weighted by Crippen LogP contribution is -2.04. The van der Waals surface area contributed by atoms with Crippen LogP contribution in [-0.4, -0.2) is 8.80 Å². The highest BCUT2D eigenvalue weighted by atomic mass is 28.3. The molecule has 56 valence electrons. The second kappa shape index (κ2) is 5.06. The highest BCUT2D eigenvalue weighted by molar-refractivity contribution is 6.63. The normalized spacial score (nSPS) is 10.3. The van der Waals surface area contributed by atoms with Crippen molar-refractivity contribution in [3.63, 3.8) is 0 Å². The van der Waals surface area contributed by atoms with Gasteiger partial charge < -0.3 is 4.74 Å². The second-order valence-corrected chi connectivity index (χ2v) is 5.26. The van der Waals surface area contributed by atoms with E-state index in [-0.39, 0.29) is 0 Å². The number of hydrogen-bond donors (Lipinski definition) is 0. The largest absolute Gasteiger partial charge is 0.475 e. The average molecular weight is 154 g/mol. The van der Waals surface area contributed by atoms with Crippen molar-refractivity contribution < 1.29 is 4.74 Å². The molecule has 0 heterocycles. The van der Waals surface area contributed by atoms with Crippen LogP contribution in [0.15, 0.2) is 37.0 Å². The second-order valence-electron chi connectivity index (χ2n) is 2.30. The van der Waals surface area contributed by atoms with Crippen LogP contribution < -0.4 is 0 Å². The van der Waals surface area contributed by atoms with Crippen LogP contribution >= 0.6 is 0 Å². The maximum absolute atomic E-state index is 5.16. The van der Waals surface area contributed by atoms with E-state index in [1.54, 1.807) is 18.4 Å². The molecule has 0 fully saturated rings. The van der Waals surface area contributed by atoms with Gasteiger partial charge in [-0.3, -0.25) is 0 Å². The van der Waals surface area contributed by atoms with Gasteiger partial charge in [0.1, 0.15) is 8.80 Å². The molecule has 0 rings (SSSR count). The lowest BCUT2D eigenvalue weighted by Gasteiger charge is -2.04. The first kappa shape index (κ1) is 9.24. The smallest absolute Gasteiger partial charge is 0.109 e. The number of allylic oxidation sites excluding steroid dienone is 2. The molecular formula is C8H14OSi. The first-order valence-electron chi connectivity index (χ1n) is 3.31. The van der Waals surface area contributed by atoms with E-state index in [9.17, 15) is 0 Å². The quantitative estimate of drug-likeness (QED) is 0.343. The summed E-state index contributed by atoms with van der Waals surface area (Å²) in [7, 11) is -0.810. The van der Waals surface area contributed by atoms with Crippen molar-refractivity contribution >= 4 is 8.80 Å². The standard InChI is InChI=1S/C8H14OSi/c1-5-6-7-9-8(2)10(3)4/h5-7,10H,1-2H2,3-4H3. The molecule has 0 amide bonds. The molecule has 0 unspecified atom stereocenters. The van der Waals surface area contributed by atoms with Gasteiger partial charge in [-0.15, -0.1) is 0 Å². The van der Waals surface area contributed by atoms with E-state index in [2.05, 4.69) is 26.3 Å². The average Bonchev–Trinajstić information content (AvgIpc) is 1.88. The summed E-state index contributed by atoms with van der Waals surface area (Å²) < 4.78 is 5.16. The van der Waals surface area contributed by atoms with E-state index in [1.807, 2.05) is 0 Å². The van der Waals surface area contributed by atoms with Crippen LogP contribution in [0.2, 0.25) is 13.1 Å². The molecule has 0 radical (unpaired) electrons. The maximum atomic E-state index is 5.16. The lowest BCUT2D eigenvalue weighted by atomic mass is 10.6. The molecule has 0 aliphatic rings. The van der Waals surface area contributed by atoms with Crippen molar-refractivity contribution in [2.75, 3.05) is 0 Å². The highest BCUT2D eigenvalue weighted by Gasteiger charge is 1.99. The molecule has 0 aliphatic carbocycles. The molecule has 0 spiro atoms. The summed E-state index contributed by atoms with van der Waals surface area (Å²) >= 11 is 0. The van der Waals surface area contributed by atoms with Crippen LogP contribution in [0.5, 0.6) is 0 Å². The van der Waals surface area contributed by atoms with Gasteiger partial charge in [0, 0.05) is 0 Å². The van der Waals surface area contributed by atoms with Gasteiger partial charge in [-0.1, -0.05) is 32.3 Å². The predicted molar refractivity (Wildman–Crippen MR) is 48.4 cm³/mol.